The van der Waals surface area contributed by atoms with Gasteiger partial charge in [-0.2, -0.15) is 0 Å². The Bertz CT molecular complexity index is 581. The Morgan fingerprint density at radius 1 is 1.48 bits per heavy atom. The summed E-state index contributed by atoms with van der Waals surface area (Å²) in [5.41, 5.74) is 1.05. The fraction of sp³-hybridized carbons (Fsp3) is 0.467. The van der Waals surface area contributed by atoms with Crippen LogP contribution >= 0.6 is 0 Å². The fourth-order valence-electron chi connectivity index (χ4n) is 2.76. The monoisotopic (exact) mass is 290 g/mol. The minimum atomic E-state index is -0.219. The number of nitrogens with one attached hydrogen (secondary N) is 1. The molecule has 3 rings (SSSR count). The molecule has 6 nitrogen and oxygen atoms in total. The molecule has 1 fully saturated rings. The van der Waals surface area contributed by atoms with Crippen LogP contribution < -0.4 is 10.1 Å². The molecule has 0 radical (unpaired) electrons. The zero-order valence-electron chi connectivity index (χ0n) is 11.8. The normalized spacial score (nSPS) is 23.4. The fourth-order valence-corrected chi connectivity index (χ4v) is 2.76. The van der Waals surface area contributed by atoms with Crippen molar-refractivity contribution in [1.82, 2.24) is 4.90 Å². The largest absolute Gasteiger partial charge is 0.482 e. The summed E-state index contributed by atoms with van der Waals surface area (Å²) in [6, 6.07) is 5.04. The highest BCUT2D eigenvalue weighted by atomic mass is 16.5. The van der Waals surface area contributed by atoms with E-state index < -0.39 is 0 Å². The molecule has 0 bridgehead atoms. The van der Waals surface area contributed by atoms with Crippen molar-refractivity contribution in [3.8, 4) is 5.75 Å². The lowest BCUT2D eigenvalue weighted by atomic mass is 9.82. The van der Waals surface area contributed by atoms with Crippen LogP contribution in [0.3, 0.4) is 0 Å². The number of nitrogens with zero attached hydrogens (tertiary/aromatic N) is 1. The van der Waals surface area contributed by atoms with Gasteiger partial charge in [0.25, 0.3) is 11.8 Å². The molecule has 2 aliphatic rings. The minimum Gasteiger partial charge on any atom is -0.482 e. The standard InChI is InChI=1S/C15H18N2O4/c1-17(7-9-4-11(18)5-9)15(20)10-2-3-13-12(6-10)16-14(19)8-21-13/h2-3,6,9,11,18H,4-5,7-8H2,1H3,(H,16,19). The number of carbonyl (C=O) groups excluding carboxylic acids is 2. The van der Waals surface area contributed by atoms with E-state index >= 15 is 0 Å². The molecule has 0 atom stereocenters. The van der Waals surface area contributed by atoms with E-state index in [1.165, 1.54) is 0 Å². The molecule has 1 aromatic carbocycles. The number of fused-ring (bicyclic) bond motifs is 1. The number of benzene rings is 1. The van der Waals surface area contributed by atoms with Gasteiger partial charge in [-0.05, 0) is 37.0 Å². The van der Waals surface area contributed by atoms with Gasteiger partial charge in [-0.3, -0.25) is 9.59 Å². The second-order valence-corrected chi connectivity index (χ2v) is 5.72. The molecule has 112 valence electrons. The van der Waals surface area contributed by atoms with Crippen LogP contribution in [-0.2, 0) is 4.79 Å². The molecular weight excluding hydrogens is 272 g/mol. The Hall–Kier alpha value is -2.08. The molecule has 1 aromatic rings. The van der Waals surface area contributed by atoms with Gasteiger partial charge in [-0.1, -0.05) is 0 Å². The zero-order valence-corrected chi connectivity index (χ0v) is 11.8. The summed E-state index contributed by atoms with van der Waals surface area (Å²) < 4.78 is 5.27. The molecule has 0 spiro atoms. The van der Waals surface area contributed by atoms with E-state index in [1.807, 2.05) is 0 Å². The molecule has 0 unspecified atom stereocenters. The summed E-state index contributed by atoms with van der Waals surface area (Å²) in [5.74, 6) is 0.633. The van der Waals surface area contributed by atoms with Crippen LogP contribution in [0, 0.1) is 5.92 Å². The highest BCUT2D eigenvalue weighted by Gasteiger charge is 2.29. The van der Waals surface area contributed by atoms with E-state index in [-0.39, 0.29) is 24.5 Å². The van der Waals surface area contributed by atoms with Gasteiger partial charge in [0.2, 0.25) is 0 Å². The second kappa shape index (κ2) is 5.37. The lowest BCUT2D eigenvalue weighted by Gasteiger charge is -2.34. The summed E-state index contributed by atoms with van der Waals surface area (Å²) >= 11 is 0. The van der Waals surface area contributed by atoms with Gasteiger partial charge in [-0.25, -0.2) is 0 Å². The molecule has 1 aliphatic carbocycles. The zero-order chi connectivity index (χ0) is 15.0. The predicted octanol–water partition coefficient (Wildman–Crippen LogP) is 0.860. The number of carbonyl (C=O) groups is 2. The smallest absolute Gasteiger partial charge is 0.262 e. The van der Waals surface area contributed by atoms with E-state index in [4.69, 9.17) is 4.74 Å². The quantitative estimate of drug-likeness (QED) is 0.865. The van der Waals surface area contributed by atoms with Crippen molar-refractivity contribution in [2.24, 2.45) is 5.92 Å². The Morgan fingerprint density at radius 2 is 2.24 bits per heavy atom. The van der Waals surface area contributed by atoms with E-state index in [1.54, 1.807) is 30.1 Å². The lowest BCUT2D eigenvalue weighted by Crippen LogP contribution is -2.39. The van der Waals surface area contributed by atoms with E-state index in [0.717, 1.165) is 12.8 Å². The number of aliphatic hydroxyl groups is 1. The maximum absolute atomic E-state index is 12.4. The number of amides is 2. The van der Waals surface area contributed by atoms with Crippen LogP contribution in [0.5, 0.6) is 5.75 Å². The SMILES string of the molecule is CN(CC1CC(O)C1)C(=O)c1ccc2c(c1)NC(=O)CO2. The summed E-state index contributed by atoms with van der Waals surface area (Å²) in [6.07, 6.45) is 1.30. The van der Waals surface area contributed by atoms with Gasteiger partial charge in [-0.15, -0.1) is 0 Å². The average Bonchev–Trinajstić information content (AvgIpc) is 2.44. The Labute approximate surface area is 122 Å². The maximum atomic E-state index is 12.4. The van der Waals surface area contributed by atoms with Gasteiger partial charge in [0, 0.05) is 19.2 Å². The van der Waals surface area contributed by atoms with Crippen LogP contribution in [-0.4, -0.2) is 48.1 Å². The first-order chi connectivity index (χ1) is 10.0. The van der Waals surface area contributed by atoms with E-state index in [9.17, 15) is 14.7 Å². The number of anilines is 1. The highest BCUT2D eigenvalue weighted by Crippen LogP contribution is 2.30. The third-order valence-corrected chi connectivity index (χ3v) is 3.95. The minimum absolute atomic E-state index is 0.00417. The maximum Gasteiger partial charge on any atom is 0.262 e. The summed E-state index contributed by atoms with van der Waals surface area (Å²) in [5, 5.41) is 12.0. The van der Waals surface area contributed by atoms with E-state index in [2.05, 4.69) is 5.32 Å². The molecular formula is C15H18N2O4. The van der Waals surface area contributed by atoms with Gasteiger partial charge in [0.1, 0.15) is 5.75 Å². The predicted molar refractivity (Wildman–Crippen MR) is 76.3 cm³/mol. The first-order valence-electron chi connectivity index (χ1n) is 7.03. The third kappa shape index (κ3) is 2.85. The number of ether oxygens (including phenoxy) is 1. The van der Waals surface area contributed by atoms with Crippen molar-refractivity contribution >= 4 is 17.5 Å². The molecule has 2 N–H and O–H groups in total. The Kier molecular flexibility index (Phi) is 3.55. The van der Waals surface area contributed by atoms with Crippen molar-refractivity contribution in [2.75, 3.05) is 25.5 Å². The Morgan fingerprint density at radius 3 is 2.95 bits per heavy atom. The number of aliphatic hydroxyl groups excluding tert-OH is 1. The lowest BCUT2D eigenvalue weighted by molar-refractivity contribution is -0.118. The number of hydrogen-bond acceptors (Lipinski definition) is 4. The number of hydrogen-bond donors (Lipinski definition) is 2. The molecule has 2 amide bonds. The topological polar surface area (TPSA) is 78.9 Å². The van der Waals surface area contributed by atoms with Crippen LogP contribution in [0.15, 0.2) is 18.2 Å². The average molecular weight is 290 g/mol. The molecule has 6 heteroatoms. The number of rotatable bonds is 3. The molecule has 0 saturated heterocycles. The molecule has 0 aromatic heterocycles. The highest BCUT2D eigenvalue weighted by molar-refractivity contribution is 5.99. The van der Waals surface area contributed by atoms with Crippen LogP contribution in [0.2, 0.25) is 0 Å². The van der Waals surface area contributed by atoms with Crippen molar-refractivity contribution in [3.63, 3.8) is 0 Å². The summed E-state index contributed by atoms with van der Waals surface area (Å²) in [7, 11) is 1.75. The first-order valence-corrected chi connectivity index (χ1v) is 7.03. The second-order valence-electron chi connectivity index (χ2n) is 5.72. The Balaban J connectivity index is 1.69. The van der Waals surface area contributed by atoms with Crippen molar-refractivity contribution in [2.45, 2.75) is 18.9 Å². The molecule has 21 heavy (non-hydrogen) atoms. The van der Waals surface area contributed by atoms with Gasteiger partial charge >= 0.3 is 0 Å². The van der Waals surface area contributed by atoms with Crippen LogP contribution in [0.25, 0.3) is 0 Å². The van der Waals surface area contributed by atoms with Crippen molar-refractivity contribution < 1.29 is 19.4 Å². The first kappa shape index (κ1) is 13.9. The van der Waals surface area contributed by atoms with Gasteiger partial charge < -0.3 is 20.1 Å². The van der Waals surface area contributed by atoms with E-state index in [0.29, 0.717) is 29.5 Å². The van der Waals surface area contributed by atoms with Crippen molar-refractivity contribution in [3.05, 3.63) is 23.8 Å². The molecule has 1 aliphatic heterocycles. The third-order valence-electron chi connectivity index (χ3n) is 3.95. The van der Waals surface area contributed by atoms with Crippen LogP contribution in [0.4, 0.5) is 5.69 Å². The van der Waals surface area contributed by atoms with Crippen molar-refractivity contribution in [1.29, 1.82) is 0 Å². The summed E-state index contributed by atoms with van der Waals surface area (Å²) in [4.78, 5) is 25.3. The summed E-state index contributed by atoms with van der Waals surface area (Å²) in [6.45, 7) is 0.639. The molecule has 1 saturated carbocycles. The van der Waals surface area contributed by atoms with Gasteiger partial charge in [0.15, 0.2) is 6.61 Å². The van der Waals surface area contributed by atoms with Crippen LogP contribution in [0.1, 0.15) is 23.2 Å². The molecule has 1 heterocycles. The van der Waals surface area contributed by atoms with Gasteiger partial charge in [0.05, 0.1) is 11.8 Å².